The van der Waals surface area contributed by atoms with Crippen LogP contribution in [-0.4, -0.2) is 10.9 Å². The SMILES string of the molecule is NC(=O)c1cc(CBr)nc(C(F)F)c1. The van der Waals surface area contributed by atoms with Gasteiger partial charge in [-0.1, -0.05) is 15.9 Å². The number of hydrogen-bond acceptors (Lipinski definition) is 2. The van der Waals surface area contributed by atoms with E-state index in [2.05, 4.69) is 20.9 Å². The number of alkyl halides is 3. The molecule has 1 aromatic rings. The highest BCUT2D eigenvalue weighted by atomic mass is 79.9. The highest BCUT2D eigenvalue weighted by molar-refractivity contribution is 9.08. The smallest absolute Gasteiger partial charge is 0.280 e. The quantitative estimate of drug-likeness (QED) is 0.850. The van der Waals surface area contributed by atoms with Crippen LogP contribution in [0.3, 0.4) is 0 Å². The van der Waals surface area contributed by atoms with Gasteiger partial charge in [0, 0.05) is 10.9 Å². The second kappa shape index (κ2) is 4.45. The molecule has 0 fully saturated rings. The van der Waals surface area contributed by atoms with Gasteiger partial charge in [0.25, 0.3) is 6.43 Å². The Bertz CT molecular complexity index is 357. The first-order valence-electron chi connectivity index (χ1n) is 3.69. The predicted octanol–water partition coefficient (Wildman–Crippen LogP) is 2.01. The molecule has 0 aromatic carbocycles. The summed E-state index contributed by atoms with van der Waals surface area (Å²) in [5.74, 6) is -0.739. The molecule has 3 nitrogen and oxygen atoms in total. The van der Waals surface area contributed by atoms with Crippen LogP contribution in [0.4, 0.5) is 8.78 Å². The third kappa shape index (κ3) is 2.47. The van der Waals surface area contributed by atoms with Crippen LogP contribution >= 0.6 is 15.9 Å². The minimum absolute atomic E-state index is 0.0461. The molecule has 0 atom stereocenters. The van der Waals surface area contributed by atoms with Crippen LogP contribution in [0.1, 0.15) is 28.2 Å². The van der Waals surface area contributed by atoms with Crippen LogP contribution in [0.15, 0.2) is 12.1 Å². The average Bonchev–Trinajstić information content (AvgIpc) is 2.16. The van der Waals surface area contributed by atoms with E-state index in [1.165, 1.54) is 6.07 Å². The highest BCUT2D eigenvalue weighted by Gasteiger charge is 2.13. The average molecular weight is 265 g/mol. The Balaban J connectivity index is 3.20. The summed E-state index contributed by atoms with van der Waals surface area (Å²) in [6.45, 7) is 0. The number of nitrogens with two attached hydrogens (primary N) is 1. The van der Waals surface area contributed by atoms with Crippen LogP contribution in [0.5, 0.6) is 0 Å². The van der Waals surface area contributed by atoms with Crippen LogP contribution in [0, 0.1) is 0 Å². The molecular formula is C8H7BrF2N2O. The van der Waals surface area contributed by atoms with E-state index in [0.29, 0.717) is 11.0 Å². The summed E-state index contributed by atoms with van der Waals surface area (Å²) in [4.78, 5) is 14.4. The summed E-state index contributed by atoms with van der Waals surface area (Å²) in [7, 11) is 0. The topological polar surface area (TPSA) is 56.0 Å². The fourth-order valence-electron chi connectivity index (χ4n) is 0.933. The lowest BCUT2D eigenvalue weighted by Crippen LogP contribution is -2.12. The number of nitrogens with zero attached hydrogens (tertiary/aromatic N) is 1. The second-order valence-corrected chi connectivity index (χ2v) is 3.13. The van der Waals surface area contributed by atoms with Crippen molar-refractivity contribution in [2.75, 3.05) is 0 Å². The van der Waals surface area contributed by atoms with Gasteiger partial charge in [0.1, 0.15) is 5.69 Å². The van der Waals surface area contributed by atoms with Crippen LogP contribution in [0.25, 0.3) is 0 Å². The molecule has 0 aliphatic heterocycles. The molecule has 1 amide bonds. The molecule has 1 aromatic heterocycles. The summed E-state index contributed by atoms with van der Waals surface area (Å²) in [5, 5.41) is 0.299. The lowest BCUT2D eigenvalue weighted by Gasteiger charge is -2.04. The van der Waals surface area contributed by atoms with Gasteiger partial charge in [0.2, 0.25) is 5.91 Å². The molecule has 0 saturated carbocycles. The number of aromatic nitrogens is 1. The zero-order valence-electron chi connectivity index (χ0n) is 7.01. The number of hydrogen-bond donors (Lipinski definition) is 1. The summed E-state index contributed by atoms with van der Waals surface area (Å²) in [6.07, 6.45) is -2.70. The number of pyridine rings is 1. The molecule has 0 unspecified atom stereocenters. The van der Waals surface area contributed by atoms with Gasteiger partial charge in [-0.15, -0.1) is 0 Å². The monoisotopic (exact) mass is 264 g/mol. The van der Waals surface area contributed by atoms with E-state index >= 15 is 0 Å². The van der Waals surface area contributed by atoms with E-state index < -0.39 is 18.0 Å². The molecule has 0 spiro atoms. The number of carbonyl (C=O) groups excluding carboxylic acids is 1. The summed E-state index contributed by atoms with van der Waals surface area (Å²) in [5.41, 5.74) is 4.95. The molecule has 0 aliphatic carbocycles. The van der Waals surface area contributed by atoms with Crippen molar-refractivity contribution in [1.29, 1.82) is 0 Å². The Morgan fingerprint density at radius 2 is 2.21 bits per heavy atom. The Labute approximate surface area is 87.4 Å². The van der Waals surface area contributed by atoms with E-state index in [9.17, 15) is 13.6 Å². The molecule has 1 heterocycles. The van der Waals surface area contributed by atoms with Crippen molar-refractivity contribution in [3.8, 4) is 0 Å². The minimum atomic E-state index is -2.70. The maximum Gasteiger partial charge on any atom is 0.280 e. The van der Waals surface area contributed by atoms with Gasteiger partial charge < -0.3 is 5.73 Å². The molecule has 0 aliphatic rings. The third-order valence-electron chi connectivity index (χ3n) is 1.54. The van der Waals surface area contributed by atoms with Gasteiger partial charge in [-0.05, 0) is 12.1 Å². The van der Waals surface area contributed by atoms with Crippen molar-refractivity contribution in [3.05, 3.63) is 29.1 Å². The van der Waals surface area contributed by atoms with Gasteiger partial charge in [0.15, 0.2) is 0 Å². The molecule has 0 radical (unpaired) electrons. The van der Waals surface area contributed by atoms with Crippen molar-refractivity contribution < 1.29 is 13.6 Å². The molecule has 1 rings (SSSR count). The standard InChI is InChI=1S/C8H7BrF2N2O/c9-3-5-1-4(8(12)14)2-6(13-5)7(10)11/h1-2,7H,3H2,(H2,12,14). The van der Waals surface area contributed by atoms with Crippen LogP contribution in [0.2, 0.25) is 0 Å². The maximum absolute atomic E-state index is 12.3. The first-order valence-corrected chi connectivity index (χ1v) is 4.81. The van der Waals surface area contributed by atoms with Gasteiger partial charge in [-0.2, -0.15) is 0 Å². The molecule has 2 N–H and O–H groups in total. The number of halogens is 3. The third-order valence-corrected chi connectivity index (χ3v) is 2.12. The van der Waals surface area contributed by atoms with E-state index in [-0.39, 0.29) is 5.56 Å². The van der Waals surface area contributed by atoms with Gasteiger partial charge >= 0.3 is 0 Å². The first kappa shape index (κ1) is 11.0. The molecular weight excluding hydrogens is 258 g/mol. The van der Waals surface area contributed by atoms with Gasteiger partial charge in [-0.3, -0.25) is 9.78 Å². The molecule has 14 heavy (non-hydrogen) atoms. The normalized spacial score (nSPS) is 10.6. The lowest BCUT2D eigenvalue weighted by atomic mass is 10.2. The number of carbonyl (C=O) groups is 1. The number of rotatable bonds is 3. The van der Waals surface area contributed by atoms with Crippen molar-refractivity contribution >= 4 is 21.8 Å². The van der Waals surface area contributed by atoms with Gasteiger partial charge in [0.05, 0.1) is 5.69 Å². The Morgan fingerprint density at radius 3 is 2.64 bits per heavy atom. The minimum Gasteiger partial charge on any atom is -0.366 e. The second-order valence-electron chi connectivity index (χ2n) is 2.57. The van der Waals surface area contributed by atoms with E-state index in [0.717, 1.165) is 6.07 Å². The van der Waals surface area contributed by atoms with Crippen molar-refractivity contribution in [2.24, 2.45) is 5.73 Å². The maximum atomic E-state index is 12.3. The first-order chi connectivity index (χ1) is 6.54. The highest BCUT2D eigenvalue weighted by Crippen LogP contribution is 2.19. The van der Waals surface area contributed by atoms with Crippen molar-refractivity contribution in [3.63, 3.8) is 0 Å². The van der Waals surface area contributed by atoms with Crippen LogP contribution < -0.4 is 5.73 Å². The van der Waals surface area contributed by atoms with Gasteiger partial charge in [-0.25, -0.2) is 8.78 Å². The molecule has 0 bridgehead atoms. The zero-order chi connectivity index (χ0) is 10.7. The lowest BCUT2D eigenvalue weighted by molar-refractivity contribution is 0.0999. The molecule has 76 valence electrons. The predicted molar refractivity (Wildman–Crippen MR) is 50.3 cm³/mol. The van der Waals surface area contributed by atoms with Crippen molar-refractivity contribution in [1.82, 2.24) is 4.98 Å². The number of primary amides is 1. The zero-order valence-corrected chi connectivity index (χ0v) is 8.59. The fraction of sp³-hybridized carbons (Fsp3) is 0.250. The van der Waals surface area contributed by atoms with E-state index in [4.69, 9.17) is 5.73 Å². The van der Waals surface area contributed by atoms with E-state index in [1.807, 2.05) is 0 Å². The van der Waals surface area contributed by atoms with Crippen LogP contribution in [-0.2, 0) is 5.33 Å². The largest absolute Gasteiger partial charge is 0.366 e. The summed E-state index contributed by atoms with van der Waals surface area (Å²) >= 11 is 3.06. The Morgan fingerprint density at radius 1 is 1.57 bits per heavy atom. The molecule has 0 saturated heterocycles. The number of amides is 1. The van der Waals surface area contributed by atoms with Crippen molar-refractivity contribution in [2.45, 2.75) is 11.8 Å². The fourth-order valence-corrected chi connectivity index (χ4v) is 1.22. The Kier molecular flexibility index (Phi) is 3.51. The molecule has 6 heteroatoms. The Hall–Kier alpha value is -1.04. The van der Waals surface area contributed by atoms with E-state index in [1.54, 1.807) is 0 Å². The summed E-state index contributed by atoms with van der Waals surface area (Å²) < 4.78 is 24.6. The summed E-state index contributed by atoms with van der Waals surface area (Å²) in [6, 6.07) is 2.38.